The van der Waals surface area contributed by atoms with Crippen molar-refractivity contribution in [3.8, 4) is 0 Å². The fraction of sp³-hybridized carbons (Fsp3) is 0.381. The van der Waals surface area contributed by atoms with Crippen molar-refractivity contribution in [2.24, 2.45) is 10.2 Å². The van der Waals surface area contributed by atoms with Crippen LogP contribution in [0.3, 0.4) is 0 Å². The van der Waals surface area contributed by atoms with E-state index >= 15 is 0 Å². The van der Waals surface area contributed by atoms with Gasteiger partial charge in [-0.25, -0.2) is 10.7 Å². The van der Waals surface area contributed by atoms with Gasteiger partial charge in [-0.2, -0.15) is 0 Å². The monoisotopic (exact) mass is 476 g/mol. The number of ether oxygens (including phenoxy) is 2. The number of carbonyl (C=O) groups excluding carboxylic acids is 1. The van der Waals surface area contributed by atoms with E-state index in [-0.39, 0.29) is 23.0 Å². The molecule has 0 aliphatic heterocycles. The zero-order valence-electron chi connectivity index (χ0n) is 19.4. The van der Waals surface area contributed by atoms with Crippen LogP contribution in [0, 0.1) is 17.0 Å². The number of nitro groups is 1. The predicted molar refractivity (Wildman–Crippen MR) is 126 cm³/mol. The summed E-state index contributed by atoms with van der Waals surface area (Å²) in [6.07, 6.45) is 0. The minimum absolute atomic E-state index is 0.0214. The lowest BCUT2D eigenvalue weighted by molar-refractivity contribution is -0.384. The minimum atomic E-state index is -0.620. The molecule has 0 spiro atoms. The molecule has 13 nitrogen and oxygen atoms in total. The average Bonchev–Trinajstić information content (AvgIpc) is 2.78. The summed E-state index contributed by atoms with van der Waals surface area (Å²) in [4.78, 5) is 28.6. The molecule has 0 aliphatic rings. The third kappa shape index (κ3) is 7.45. The number of rotatable bonds is 13. The first-order chi connectivity index (χ1) is 16.3. The number of hydrogen-bond donors (Lipinski definition) is 3. The van der Waals surface area contributed by atoms with Gasteiger partial charge in [0.25, 0.3) is 5.69 Å². The van der Waals surface area contributed by atoms with Crippen LogP contribution in [0.1, 0.15) is 12.5 Å². The molecular weight excluding hydrogens is 448 g/mol. The SMILES string of the molecule is COCCN(CCOC)c1ccc(N=Nc2c(C)cc(NOO)cc2[N+](=O)[O-])c(NC(C)=O)c1. The lowest BCUT2D eigenvalue weighted by Crippen LogP contribution is -2.30. The molecule has 34 heavy (non-hydrogen) atoms. The minimum Gasteiger partial charge on any atom is -0.383 e. The zero-order valence-corrected chi connectivity index (χ0v) is 19.4. The van der Waals surface area contributed by atoms with Gasteiger partial charge in [0.05, 0.1) is 29.5 Å². The van der Waals surface area contributed by atoms with Crippen LogP contribution in [0.2, 0.25) is 0 Å². The number of anilines is 3. The van der Waals surface area contributed by atoms with E-state index in [9.17, 15) is 14.9 Å². The molecule has 0 aliphatic carbocycles. The largest absolute Gasteiger partial charge is 0.383 e. The maximum atomic E-state index is 11.8. The van der Waals surface area contributed by atoms with Crippen LogP contribution in [0.5, 0.6) is 0 Å². The molecule has 0 saturated carbocycles. The summed E-state index contributed by atoms with van der Waals surface area (Å²) in [6, 6.07) is 7.86. The van der Waals surface area contributed by atoms with Gasteiger partial charge in [-0.15, -0.1) is 15.2 Å². The Morgan fingerprint density at radius 1 is 1.15 bits per heavy atom. The molecule has 3 N–H and O–H groups in total. The van der Waals surface area contributed by atoms with Gasteiger partial charge in [0.1, 0.15) is 5.69 Å². The van der Waals surface area contributed by atoms with Crippen LogP contribution in [-0.2, 0) is 19.3 Å². The number of methoxy groups -OCH3 is 2. The summed E-state index contributed by atoms with van der Waals surface area (Å²) in [7, 11) is 3.22. The smallest absolute Gasteiger partial charge is 0.299 e. The van der Waals surface area contributed by atoms with E-state index in [1.54, 1.807) is 39.3 Å². The molecule has 0 atom stereocenters. The van der Waals surface area contributed by atoms with E-state index in [2.05, 4.69) is 26.0 Å². The second kappa shape index (κ2) is 13.2. The van der Waals surface area contributed by atoms with Crippen LogP contribution >= 0.6 is 0 Å². The van der Waals surface area contributed by atoms with Gasteiger partial charge in [-0.3, -0.25) is 14.9 Å². The summed E-state index contributed by atoms with van der Waals surface area (Å²) < 4.78 is 10.4. The van der Waals surface area contributed by atoms with Crippen LogP contribution < -0.4 is 15.7 Å². The van der Waals surface area contributed by atoms with Crippen molar-refractivity contribution in [1.29, 1.82) is 0 Å². The molecule has 0 bridgehead atoms. The number of nitro benzene ring substituents is 1. The maximum Gasteiger partial charge on any atom is 0.299 e. The normalized spacial score (nSPS) is 11.0. The van der Waals surface area contributed by atoms with Gasteiger partial charge in [0, 0.05) is 46.0 Å². The van der Waals surface area contributed by atoms with Crippen LogP contribution in [-0.4, -0.2) is 56.6 Å². The molecule has 13 heteroatoms. The van der Waals surface area contributed by atoms with Gasteiger partial charge < -0.3 is 19.7 Å². The number of nitrogens with one attached hydrogen (secondary N) is 2. The lowest BCUT2D eigenvalue weighted by Gasteiger charge is -2.25. The van der Waals surface area contributed by atoms with E-state index < -0.39 is 4.92 Å². The Morgan fingerprint density at radius 2 is 1.82 bits per heavy atom. The molecule has 184 valence electrons. The van der Waals surface area contributed by atoms with Crippen LogP contribution in [0.4, 0.5) is 34.1 Å². The Morgan fingerprint density at radius 3 is 2.38 bits per heavy atom. The highest BCUT2D eigenvalue weighted by molar-refractivity contribution is 5.93. The third-order valence-corrected chi connectivity index (χ3v) is 4.68. The predicted octanol–water partition coefficient (Wildman–Crippen LogP) is 4.19. The van der Waals surface area contributed by atoms with Gasteiger partial charge in [-0.1, -0.05) is 0 Å². The summed E-state index contributed by atoms with van der Waals surface area (Å²) in [5, 5.41) is 31.1. The van der Waals surface area contributed by atoms with Crippen molar-refractivity contribution in [2.75, 3.05) is 56.2 Å². The zero-order chi connectivity index (χ0) is 25.1. The molecular formula is C21H28N6O7. The van der Waals surface area contributed by atoms with Crippen molar-refractivity contribution in [3.05, 3.63) is 46.0 Å². The second-order valence-corrected chi connectivity index (χ2v) is 7.17. The topological polar surface area (TPSA) is 160 Å². The Balaban J connectivity index is 2.47. The summed E-state index contributed by atoms with van der Waals surface area (Å²) in [5.74, 6) is -0.310. The lowest BCUT2D eigenvalue weighted by atomic mass is 10.1. The number of amides is 1. The summed E-state index contributed by atoms with van der Waals surface area (Å²) in [6.45, 7) is 5.16. The van der Waals surface area contributed by atoms with Crippen LogP contribution in [0.15, 0.2) is 40.6 Å². The molecule has 0 saturated heterocycles. The highest BCUT2D eigenvalue weighted by Crippen LogP contribution is 2.37. The Kier molecular flexibility index (Phi) is 10.3. The highest BCUT2D eigenvalue weighted by Gasteiger charge is 2.19. The van der Waals surface area contributed by atoms with Crippen molar-refractivity contribution >= 4 is 40.0 Å². The first kappa shape index (κ1) is 26.6. The van der Waals surface area contributed by atoms with Crippen molar-refractivity contribution in [3.63, 3.8) is 0 Å². The molecule has 0 fully saturated rings. The first-order valence-corrected chi connectivity index (χ1v) is 10.2. The Hall–Kier alpha value is -3.65. The van der Waals surface area contributed by atoms with E-state index in [0.29, 0.717) is 43.2 Å². The molecule has 1 amide bonds. The molecule has 0 unspecified atom stereocenters. The number of nitrogens with zero attached hydrogens (tertiary/aromatic N) is 4. The molecule has 2 rings (SSSR count). The van der Waals surface area contributed by atoms with Gasteiger partial charge >= 0.3 is 0 Å². The fourth-order valence-corrected chi connectivity index (χ4v) is 3.12. The van der Waals surface area contributed by atoms with Gasteiger partial charge in [-0.05, 0) is 36.8 Å². The van der Waals surface area contributed by atoms with E-state index in [4.69, 9.17) is 14.7 Å². The Bertz CT molecular complexity index is 1020. The average molecular weight is 476 g/mol. The number of benzene rings is 2. The number of carbonyl (C=O) groups is 1. The van der Waals surface area contributed by atoms with Gasteiger partial charge in [0.15, 0.2) is 5.69 Å². The van der Waals surface area contributed by atoms with Crippen molar-refractivity contribution in [2.45, 2.75) is 13.8 Å². The standard InChI is InChI=1S/C21H28N6O7/c1-14-11-16(25-34-31)12-20(27(29)30)21(14)24-23-18-6-5-17(13-19(18)22-15(2)28)26(7-9-32-3)8-10-33-4/h5-6,11-13,25,31H,7-10H2,1-4H3,(H,22,28). The van der Waals surface area contributed by atoms with Crippen molar-refractivity contribution in [1.82, 2.24) is 0 Å². The second-order valence-electron chi connectivity index (χ2n) is 7.17. The highest BCUT2D eigenvalue weighted by atomic mass is 17.2. The van der Waals surface area contributed by atoms with Crippen LogP contribution in [0.25, 0.3) is 0 Å². The number of aryl methyl sites for hydroxylation is 1. The van der Waals surface area contributed by atoms with E-state index in [1.807, 2.05) is 4.90 Å². The quantitative estimate of drug-likeness (QED) is 0.167. The molecule has 0 aromatic heterocycles. The molecule has 2 aromatic carbocycles. The third-order valence-electron chi connectivity index (χ3n) is 4.68. The van der Waals surface area contributed by atoms with Gasteiger partial charge in [0.2, 0.25) is 5.91 Å². The maximum absolute atomic E-state index is 11.8. The molecule has 0 radical (unpaired) electrons. The molecule has 2 aromatic rings. The fourth-order valence-electron chi connectivity index (χ4n) is 3.12. The number of hydrogen-bond acceptors (Lipinski definition) is 11. The summed E-state index contributed by atoms with van der Waals surface area (Å²) >= 11 is 0. The van der Waals surface area contributed by atoms with E-state index in [1.165, 1.54) is 13.0 Å². The Labute approximate surface area is 196 Å². The molecule has 0 heterocycles. The number of azo groups is 1. The van der Waals surface area contributed by atoms with E-state index in [0.717, 1.165) is 11.8 Å². The van der Waals surface area contributed by atoms with Crippen molar-refractivity contribution < 1.29 is 29.4 Å². The summed E-state index contributed by atoms with van der Waals surface area (Å²) in [5.41, 5.74) is 3.90. The first-order valence-electron chi connectivity index (χ1n) is 10.2.